The van der Waals surface area contributed by atoms with Crippen molar-refractivity contribution in [3.63, 3.8) is 0 Å². The number of carbonyl (C=O) groups is 2. The molecule has 0 atom stereocenters. The lowest BCUT2D eigenvalue weighted by atomic mass is 9.84. The van der Waals surface area contributed by atoms with Gasteiger partial charge >= 0.3 is 11.9 Å². The number of rotatable bonds is 4. The van der Waals surface area contributed by atoms with Crippen LogP contribution in [0.15, 0.2) is 48.5 Å². The fourth-order valence-corrected chi connectivity index (χ4v) is 6.91. The summed E-state index contributed by atoms with van der Waals surface area (Å²) in [6.45, 7) is 8.49. The normalized spacial score (nSPS) is 11.3. The van der Waals surface area contributed by atoms with Gasteiger partial charge in [-0.05, 0) is 108 Å². The molecule has 0 amide bonds. The Balaban J connectivity index is 2.06. The van der Waals surface area contributed by atoms with Gasteiger partial charge in [0.25, 0.3) is 0 Å². The quantitative estimate of drug-likeness (QED) is 0.179. The van der Waals surface area contributed by atoms with E-state index in [4.69, 9.17) is 9.47 Å². The maximum Gasteiger partial charge on any atom is 0.337 e. The number of carbonyl (C=O) groups excluding carboxylic acids is 2. The predicted molar refractivity (Wildman–Crippen MR) is 150 cm³/mol. The van der Waals surface area contributed by atoms with Gasteiger partial charge in [-0.3, -0.25) is 0 Å². The van der Waals surface area contributed by atoms with E-state index in [2.05, 4.69) is 39.8 Å². The molecule has 0 radical (unpaired) electrons. The Labute approximate surface area is 218 Å². The second kappa shape index (κ2) is 9.19. The summed E-state index contributed by atoms with van der Waals surface area (Å²) in [7, 11) is 2.80. The number of hydrogen-bond acceptors (Lipinski definition) is 6. The molecule has 3 aromatic carbocycles. The lowest BCUT2D eigenvalue weighted by molar-refractivity contribution is 0.0592. The minimum atomic E-state index is -0.369. The Hall–Kier alpha value is -3.48. The molecule has 36 heavy (non-hydrogen) atoms. The molecule has 4 nitrogen and oxygen atoms in total. The third kappa shape index (κ3) is 3.91. The highest BCUT2D eigenvalue weighted by Gasteiger charge is 2.24. The highest BCUT2D eigenvalue weighted by atomic mass is 32.1. The Morgan fingerprint density at radius 1 is 0.583 bits per heavy atom. The molecule has 5 rings (SSSR count). The van der Waals surface area contributed by atoms with Crippen LogP contribution < -0.4 is 0 Å². The summed E-state index contributed by atoms with van der Waals surface area (Å²) in [5, 5.41) is 3.99. The summed E-state index contributed by atoms with van der Waals surface area (Å²) in [6.07, 6.45) is 0. The fourth-order valence-electron chi connectivity index (χ4n) is 5.05. The average molecular weight is 515 g/mol. The molecule has 0 spiro atoms. The van der Waals surface area contributed by atoms with Crippen molar-refractivity contribution >= 4 is 56.2 Å². The zero-order chi connectivity index (χ0) is 25.7. The van der Waals surface area contributed by atoms with Crippen LogP contribution in [-0.4, -0.2) is 26.2 Å². The van der Waals surface area contributed by atoms with Crippen molar-refractivity contribution in [1.29, 1.82) is 0 Å². The molecule has 182 valence electrons. The van der Waals surface area contributed by atoms with E-state index in [1.807, 2.05) is 24.3 Å². The zero-order valence-corrected chi connectivity index (χ0v) is 22.7. The Bertz CT molecular complexity index is 1560. The van der Waals surface area contributed by atoms with Gasteiger partial charge in [0.15, 0.2) is 0 Å². The second-order valence-electron chi connectivity index (χ2n) is 8.91. The molecular formula is C30H26O4S2. The van der Waals surface area contributed by atoms with Gasteiger partial charge in [0.2, 0.25) is 0 Å². The molecule has 0 aliphatic carbocycles. The van der Waals surface area contributed by atoms with Crippen molar-refractivity contribution in [2.24, 2.45) is 0 Å². The van der Waals surface area contributed by atoms with E-state index in [9.17, 15) is 9.59 Å². The molecule has 0 aliphatic rings. The topological polar surface area (TPSA) is 52.6 Å². The summed E-state index contributed by atoms with van der Waals surface area (Å²) in [6, 6.07) is 15.9. The van der Waals surface area contributed by atoms with E-state index < -0.39 is 0 Å². The zero-order valence-electron chi connectivity index (χ0n) is 21.1. The van der Waals surface area contributed by atoms with E-state index in [-0.39, 0.29) is 11.9 Å². The van der Waals surface area contributed by atoms with Gasteiger partial charge in [-0.1, -0.05) is 12.1 Å². The van der Waals surface area contributed by atoms with Gasteiger partial charge in [0, 0.05) is 19.5 Å². The van der Waals surface area contributed by atoms with Crippen LogP contribution in [0.2, 0.25) is 0 Å². The molecule has 2 aromatic heterocycles. The van der Waals surface area contributed by atoms with Gasteiger partial charge in [-0.15, -0.1) is 22.7 Å². The van der Waals surface area contributed by atoms with E-state index in [1.54, 1.807) is 34.8 Å². The van der Waals surface area contributed by atoms with Crippen molar-refractivity contribution < 1.29 is 19.1 Å². The van der Waals surface area contributed by atoms with E-state index in [0.717, 1.165) is 43.8 Å². The number of ether oxygens (including phenoxy) is 2. The Morgan fingerprint density at radius 2 is 0.972 bits per heavy atom. The lowest BCUT2D eigenvalue weighted by Crippen LogP contribution is -2.03. The van der Waals surface area contributed by atoms with Crippen LogP contribution in [-0.2, 0) is 9.47 Å². The molecule has 5 aromatic rings. The molecule has 0 aliphatic heterocycles. The maximum atomic E-state index is 12.5. The first-order valence-electron chi connectivity index (χ1n) is 11.6. The second-order valence-corrected chi connectivity index (χ2v) is 11.8. The smallest absolute Gasteiger partial charge is 0.337 e. The largest absolute Gasteiger partial charge is 0.465 e. The van der Waals surface area contributed by atoms with Crippen molar-refractivity contribution in [3.05, 3.63) is 79.2 Å². The van der Waals surface area contributed by atoms with Crippen molar-refractivity contribution in [2.75, 3.05) is 14.2 Å². The van der Waals surface area contributed by atoms with Crippen molar-refractivity contribution in [1.82, 2.24) is 0 Å². The number of aryl methyl sites for hydroxylation is 4. The minimum absolute atomic E-state index is 0.369. The van der Waals surface area contributed by atoms with Gasteiger partial charge in [-0.2, -0.15) is 0 Å². The summed E-state index contributed by atoms with van der Waals surface area (Å²) in [5.41, 5.74) is 5.40. The molecule has 0 bridgehead atoms. The number of methoxy groups -OCH3 is 2. The first kappa shape index (κ1) is 24.2. The molecule has 0 saturated heterocycles. The van der Waals surface area contributed by atoms with Crippen LogP contribution in [0, 0.1) is 27.7 Å². The average Bonchev–Trinajstić information content (AvgIpc) is 3.39. The number of fused-ring (bicyclic) bond motifs is 3. The van der Waals surface area contributed by atoms with Gasteiger partial charge in [0.1, 0.15) is 0 Å². The first-order valence-corrected chi connectivity index (χ1v) is 13.2. The molecule has 6 heteroatoms. The number of benzene rings is 3. The van der Waals surface area contributed by atoms with Crippen LogP contribution >= 0.6 is 22.7 Å². The molecule has 0 N–H and O–H groups in total. The van der Waals surface area contributed by atoms with Crippen LogP contribution in [0.3, 0.4) is 0 Å². The van der Waals surface area contributed by atoms with Crippen LogP contribution in [0.25, 0.3) is 43.8 Å². The third-order valence-electron chi connectivity index (χ3n) is 6.58. The summed E-state index contributed by atoms with van der Waals surface area (Å²) < 4.78 is 10.1. The predicted octanol–water partition coefficient (Wildman–Crippen LogP) is 8.26. The summed E-state index contributed by atoms with van der Waals surface area (Å²) in [5.74, 6) is -0.738. The number of thiophene rings is 2. The number of hydrogen-bond donors (Lipinski definition) is 0. The SMILES string of the molecule is COC(=O)c1ccc2c(c1)c(-c1cc(C)sc1C)c(-c1cc(C)sc1C)c1cc(C(=O)OC)ccc12. The third-order valence-corrected chi connectivity index (χ3v) is 8.51. The van der Waals surface area contributed by atoms with Crippen LogP contribution in [0.5, 0.6) is 0 Å². The monoisotopic (exact) mass is 514 g/mol. The van der Waals surface area contributed by atoms with E-state index in [0.29, 0.717) is 11.1 Å². The summed E-state index contributed by atoms with van der Waals surface area (Å²) >= 11 is 3.51. The highest BCUT2D eigenvalue weighted by Crippen LogP contribution is 2.49. The standard InChI is InChI=1S/C30H26O4S2/c1-15-11-23(17(3)35-15)27-25-13-19(29(31)33-5)7-9-21(25)22-10-8-20(30(32)34-6)14-26(22)28(27)24-12-16(2)36-18(24)4/h7-14H,1-6H3. The molecular weight excluding hydrogens is 488 g/mol. The summed E-state index contributed by atoms with van der Waals surface area (Å²) in [4.78, 5) is 29.9. The maximum absolute atomic E-state index is 12.5. The molecule has 0 fully saturated rings. The van der Waals surface area contributed by atoms with E-state index in [1.165, 1.54) is 33.7 Å². The van der Waals surface area contributed by atoms with Gasteiger partial charge < -0.3 is 9.47 Å². The van der Waals surface area contributed by atoms with Crippen molar-refractivity contribution in [3.8, 4) is 22.3 Å². The van der Waals surface area contributed by atoms with Crippen molar-refractivity contribution in [2.45, 2.75) is 27.7 Å². The van der Waals surface area contributed by atoms with Gasteiger partial charge in [0.05, 0.1) is 25.3 Å². The van der Waals surface area contributed by atoms with Crippen LogP contribution in [0.1, 0.15) is 40.2 Å². The molecule has 0 saturated carbocycles. The molecule has 0 unspecified atom stereocenters. The van der Waals surface area contributed by atoms with E-state index >= 15 is 0 Å². The fraction of sp³-hybridized carbons (Fsp3) is 0.200. The highest BCUT2D eigenvalue weighted by molar-refractivity contribution is 7.12. The Kier molecular flexibility index (Phi) is 6.18. The molecule has 2 heterocycles. The number of esters is 2. The lowest BCUT2D eigenvalue weighted by Gasteiger charge is -2.19. The van der Waals surface area contributed by atoms with Crippen LogP contribution in [0.4, 0.5) is 0 Å². The van der Waals surface area contributed by atoms with Gasteiger partial charge in [-0.25, -0.2) is 9.59 Å². The first-order chi connectivity index (χ1) is 17.2. The Morgan fingerprint density at radius 3 is 1.28 bits per heavy atom. The minimum Gasteiger partial charge on any atom is -0.465 e.